The van der Waals surface area contributed by atoms with Crippen LogP contribution in [0.2, 0.25) is 0 Å². The van der Waals surface area contributed by atoms with E-state index in [1.165, 1.54) is 0 Å². The van der Waals surface area contributed by atoms with E-state index in [4.69, 9.17) is 0 Å². The molecule has 2 atom stereocenters. The van der Waals surface area contributed by atoms with Gasteiger partial charge < -0.3 is 5.32 Å². The van der Waals surface area contributed by atoms with Gasteiger partial charge in [0.1, 0.15) is 0 Å². The average molecular weight is 287 g/mol. The second-order valence-corrected chi connectivity index (χ2v) is 6.52. The molecule has 4 heteroatoms. The number of halogens is 3. The first-order valence-electron chi connectivity index (χ1n) is 6.92. The van der Waals surface area contributed by atoms with E-state index in [2.05, 4.69) is 33.0 Å². The van der Waals surface area contributed by atoms with E-state index < -0.39 is 11.7 Å². The van der Waals surface area contributed by atoms with Crippen molar-refractivity contribution < 1.29 is 13.2 Å². The van der Waals surface area contributed by atoms with Crippen molar-refractivity contribution >= 4 is 0 Å². The molecule has 0 amide bonds. The zero-order valence-corrected chi connectivity index (χ0v) is 12.8. The summed E-state index contributed by atoms with van der Waals surface area (Å²) in [6.45, 7) is 11.5. The summed E-state index contributed by atoms with van der Waals surface area (Å²) in [5, 5.41) is 3.38. The van der Waals surface area contributed by atoms with Crippen LogP contribution in [0.25, 0.3) is 0 Å². The van der Waals surface area contributed by atoms with Gasteiger partial charge in [0.15, 0.2) is 0 Å². The van der Waals surface area contributed by atoms with Gasteiger partial charge in [0, 0.05) is 6.04 Å². The number of nitrogens with one attached hydrogen (secondary N) is 1. The van der Waals surface area contributed by atoms with E-state index in [-0.39, 0.29) is 11.5 Å². The van der Waals surface area contributed by atoms with E-state index in [0.29, 0.717) is 5.92 Å². The van der Waals surface area contributed by atoms with Crippen LogP contribution in [0, 0.1) is 11.3 Å². The molecule has 1 N–H and O–H groups in total. The Morgan fingerprint density at radius 1 is 1.00 bits per heavy atom. The molecule has 0 saturated carbocycles. The van der Waals surface area contributed by atoms with Crippen LogP contribution in [0.5, 0.6) is 0 Å². The summed E-state index contributed by atoms with van der Waals surface area (Å²) in [6.07, 6.45) is -4.27. The van der Waals surface area contributed by atoms with Gasteiger partial charge in [-0.15, -0.1) is 0 Å². The Hall–Kier alpha value is -1.03. The molecule has 1 rings (SSSR count). The van der Waals surface area contributed by atoms with Crippen LogP contribution in [0.1, 0.15) is 51.8 Å². The molecule has 0 heterocycles. The highest BCUT2D eigenvalue weighted by Crippen LogP contribution is 2.30. The minimum Gasteiger partial charge on any atom is -0.310 e. The Morgan fingerprint density at radius 2 is 1.50 bits per heavy atom. The maximum Gasteiger partial charge on any atom is 0.416 e. The lowest BCUT2D eigenvalue weighted by molar-refractivity contribution is -0.137. The van der Waals surface area contributed by atoms with Crippen LogP contribution in [0.4, 0.5) is 13.2 Å². The molecule has 0 aliphatic heterocycles. The first-order valence-corrected chi connectivity index (χ1v) is 6.92. The maximum absolute atomic E-state index is 12.5. The molecular weight excluding hydrogens is 263 g/mol. The Kier molecular flexibility index (Phi) is 5.25. The maximum atomic E-state index is 12.5. The summed E-state index contributed by atoms with van der Waals surface area (Å²) in [7, 11) is 0. The van der Waals surface area contributed by atoms with Crippen molar-refractivity contribution in [1.82, 2.24) is 5.32 Å². The molecule has 0 saturated heterocycles. The normalized spacial score (nSPS) is 16.0. The largest absolute Gasteiger partial charge is 0.416 e. The molecule has 20 heavy (non-hydrogen) atoms. The number of rotatable bonds is 4. The van der Waals surface area contributed by atoms with Gasteiger partial charge in [0.05, 0.1) is 5.56 Å². The van der Waals surface area contributed by atoms with Crippen molar-refractivity contribution in [2.45, 2.75) is 46.8 Å². The molecule has 1 nitrogen and oxygen atoms in total. The predicted octanol–water partition coefficient (Wildman–Crippen LogP) is 5.04. The third-order valence-electron chi connectivity index (χ3n) is 3.95. The van der Waals surface area contributed by atoms with Gasteiger partial charge in [-0.3, -0.25) is 0 Å². The van der Waals surface area contributed by atoms with E-state index in [1.54, 1.807) is 12.1 Å². The summed E-state index contributed by atoms with van der Waals surface area (Å²) >= 11 is 0. The second-order valence-electron chi connectivity index (χ2n) is 6.52. The molecule has 0 spiro atoms. The van der Waals surface area contributed by atoms with Crippen LogP contribution in [-0.2, 0) is 6.18 Å². The summed E-state index contributed by atoms with van der Waals surface area (Å²) in [5.41, 5.74) is 0.489. The fourth-order valence-corrected chi connectivity index (χ4v) is 1.74. The highest BCUT2D eigenvalue weighted by molar-refractivity contribution is 5.26. The van der Waals surface area contributed by atoms with Crippen molar-refractivity contribution in [3.63, 3.8) is 0 Å². The first-order chi connectivity index (χ1) is 9.01. The SMILES string of the molecule is CC(NCC(C)C(C)(C)C)c1ccc(C(F)(F)F)cc1. The molecule has 0 fully saturated rings. The quantitative estimate of drug-likeness (QED) is 0.818. The smallest absolute Gasteiger partial charge is 0.310 e. The Labute approximate surface area is 119 Å². The molecule has 2 unspecified atom stereocenters. The van der Waals surface area contributed by atoms with E-state index in [9.17, 15) is 13.2 Å². The average Bonchev–Trinajstić information content (AvgIpc) is 2.33. The second kappa shape index (κ2) is 6.17. The van der Waals surface area contributed by atoms with Gasteiger partial charge >= 0.3 is 6.18 Å². The molecule has 0 aliphatic rings. The van der Waals surface area contributed by atoms with Gasteiger partial charge in [0.25, 0.3) is 0 Å². The molecular formula is C16H24F3N. The van der Waals surface area contributed by atoms with Gasteiger partial charge in [-0.25, -0.2) is 0 Å². The van der Waals surface area contributed by atoms with Crippen molar-refractivity contribution in [2.75, 3.05) is 6.54 Å². The molecule has 0 aliphatic carbocycles. The summed E-state index contributed by atoms with van der Waals surface area (Å²) in [4.78, 5) is 0. The van der Waals surface area contributed by atoms with Crippen LogP contribution in [-0.4, -0.2) is 6.54 Å². The van der Waals surface area contributed by atoms with Crippen molar-refractivity contribution in [3.8, 4) is 0 Å². The zero-order chi connectivity index (χ0) is 15.6. The third kappa shape index (κ3) is 4.82. The number of hydrogen-bond donors (Lipinski definition) is 1. The molecule has 1 aromatic rings. The van der Waals surface area contributed by atoms with Crippen LogP contribution >= 0.6 is 0 Å². The molecule has 0 radical (unpaired) electrons. The van der Waals surface area contributed by atoms with Crippen molar-refractivity contribution in [1.29, 1.82) is 0 Å². The van der Waals surface area contributed by atoms with E-state index in [0.717, 1.165) is 24.2 Å². The van der Waals surface area contributed by atoms with E-state index in [1.807, 2.05) is 6.92 Å². The van der Waals surface area contributed by atoms with Crippen molar-refractivity contribution in [3.05, 3.63) is 35.4 Å². The van der Waals surface area contributed by atoms with Crippen molar-refractivity contribution in [2.24, 2.45) is 11.3 Å². The highest BCUT2D eigenvalue weighted by Gasteiger charge is 2.30. The number of benzene rings is 1. The Morgan fingerprint density at radius 3 is 1.90 bits per heavy atom. The van der Waals surface area contributed by atoms with Gasteiger partial charge in [-0.2, -0.15) is 13.2 Å². The molecule has 0 aromatic heterocycles. The molecule has 0 bridgehead atoms. The Bertz CT molecular complexity index is 415. The topological polar surface area (TPSA) is 12.0 Å². The monoisotopic (exact) mass is 287 g/mol. The lowest BCUT2D eigenvalue weighted by Gasteiger charge is -2.29. The number of hydrogen-bond acceptors (Lipinski definition) is 1. The summed E-state index contributed by atoms with van der Waals surface area (Å²) in [5.74, 6) is 0.486. The number of alkyl halides is 3. The Balaban J connectivity index is 2.63. The van der Waals surface area contributed by atoms with Crippen LogP contribution in [0.15, 0.2) is 24.3 Å². The minimum absolute atomic E-state index is 0.0436. The lowest BCUT2D eigenvalue weighted by Crippen LogP contribution is -2.31. The minimum atomic E-state index is -4.27. The fraction of sp³-hybridized carbons (Fsp3) is 0.625. The summed E-state index contributed by atoms with van der Waals surface area (Å²) < 4.78 is 37.5. The van der Waals surface area contributed by atoms with Crippen LogP contribution in [0.3, 0.4) is 0 Å². The first kappa shape index (κ1) is 17.0. The lowest BCUT2D eigenvalue weighted by atomic mass is 9.82. The van der Waals surface area contributed by atoms with Gasteiger partial charge in [-0.05, 0) is 42.5 Å². The molecule has 1 aromatic carbocycles. The van der Waals surface area contributed by atoms with Gasteiger partial charge in [0.2, 0.25) is 0 Å². The highest BCUT2D eigenvalue weighted by atomic mass is 19.4. The molecule has 114 valence electrons. The standard InChI is InChI=1S/C16H24F3N/c1-11(15(3,4)5)10-20-12(2)13-6-8-14(9-7-13)16(17,18)19/h6-9,11-12,20H,10H2,1-5H3. The van der Waals surface area contributed by atoms with Gasteiger partial charge in [-0.1, -0.05) is 39.8 Å². The predicted molar refractivity (Wildman–Crippen MR) is 76.5 cm³/mol. The van der Waals surface area contributed by atoms with E-state index >= 15 is 0 Å². The fourth-order valence-electron chi connectivity index (χ4n) is 1.74. The van der Waals surface area contributed by atoms with Crippen LogP contribution < -0.4 is 5.32 Å². The summed E-state index contributed by atoms with van der Waals surface area (Å²) in [6, 6.07) is 5.41. The third-order valence-corrected chi connectivity index (χ3v) is 3.95. The zero-order valence-electron chi connectivity index (χ0n) is 12.8.